The number of nitrogens with zero attached hydrogens (tertiary/aromatic N) is 11. The van der Waals surface area contributed by atoms with Gasteiger partial charge in [-0.3, -0.25) is 9.67 Å². The first kappa shape index (κ1) is 43.9. The molecule has 8 heterocycles. The van der Waals surface area contributed by atoms with E-state index >= 15 is 0 Å². The molecule has 0 radical (unpaired) electrons. The number of benzene rings is 2. The number of likely N-dealkylation sites (tertiary alicyclic amines) is 2. The molecule has 2 aromatic carbocycles. The largest absolute Gasteiger partial charge is 0.436 e. The van der Waals surface area contributed by atoms with Crippen LogP contribution in [0.15, 0.2) is 59.1 Å². The molecule has 10 rings (SSSR count). The molecule has 2 aliphatic rings. The first-order valence-corrected chi connectivity index (χ1v) is 22.2. The monoisotopic (exact) mass is 846 g/mol. The van der Waals surface area contributed by atoms with E-state index in [2.05, 4.69) is 139 Å². The zero-order valence-electron chi connectivity index (χ0n) is 38.3. The Morgan fingerprint density at radius 2 is 1.06 bits per heavy atom. The van der Waals surface area contributed by atoms with Gasteiger partial charge in [0.25, 0.3) is 0 Å². The zero-order chi connectivity index (χ0) is 43.7. The lowest BCUT2D eigenvalue weighted by molar-refractivity contribution is 0.121. The van der Waals surface area contributed by atoms with Gasteiger partial charge in [0.15, 0.2) is 5.58 Å². The van der Waals surface area contributed by atoms with Crippen LogP contribution in [0.5, 0.6) is 0 Å². The summed E-state index contributed by atoms with van der Waals surface area (Å²) in [4.78, 5) is 19.0. The van der Waals surface area contributed by atoms with Gasteiger partial charge in [0.1, 0.15) is 16.6 Å². The molecular formula is C51H63N11O. The minimum absolute atomic E-state index is 0. The van der Waals surface area contributed by atoms with E-state index in [1.165, 1.54) is 10.9 Å². The predicted molar refractivity (Wildman–Crippen MR) is 255 cm³/mol. The second-order valence-corrected chi connectivity index (χ2v) is 18.6. The van der Waals surface area contributed by atoms with Gasteiger partial charge < -0.3 is 14.2 Å². The van der Waals surface area contributed by atoms with Crippen LogP contribution >= 0.6 is 0 Å². The normalized spacial score (nSPS) is 22.1. The average Bonchev–Trinajstić information content (AvgIpc) is 3.85. The van der Waals surface area contributed by atoms with E-state index in [0.29, 0.717) is 41.9 Å². The number of aromatic nitrogens is 9. The van der Waals surface area contributed by atoms with E-state index in [9.17, 15) is 0 Å². The number of fused-ring (bicyclic) bond motifs is 4. The van der Waals surface area contributed by atoms with E-state index in [4.69, 9.17) is 14.4 Å². The van der Waals surface area contributed by atoms with Crippen LogP contribution in [0.1, 0.15) is 112 Å². The molecule has 0 N–H and O–H groups in total. The van der Waals surface area contributed by atoms with Crippen molar-refractivity contribution < 1.29 is 4.42 Å². The van der Waals surface area contributed by atoms with Crippen molar-refractivity contribution in [3.05, 3.63) is 94.2 Å². The van der Waals surface area contributed by atoms with Gasteiger partial charge in [0.05, 0.1) is 40.0 Å². The Balaban J connectivity index is 0.000000170. The number of aryl methyl sites for hydroxylation is 6. The minimum atomic E-state index is 0. The highest BCUT2D eigenvalue weighted by Crippen LogP contribution is 2.37. The van der Waals surface area contributed by atoms with Crippen molar-refractivity contribution in [3.8, 4) is 22.7 Å². The summed E-state index contributed by atoms with van der Waals surface area (Å²) >= 11 is 0. The fourth-order valence-corrected chi connectivity index (χ4v) is 9.98. The van der Waals surface area contributed by atoms with Gasteiger partial charge in [-0.1, -0.05) is 7.43 Å². The summed E-state index contributed by atoms with van der Waals surface area (Å²) in [5.74, 6) is 1.52. The smallest absolute Gasteiger partial charge is 0.227 e. The van der Waals surface area contributed by atoms with Crippen LogP contribution in [0.25, 0.3) is 66.7 Å². The molecule has 6 atom stereocenters. The molecule has 2 unspecified atom stereocenters. The molecular weight excluding hydrogens is 783 g/mol. The van der Waals surface area contributed by atoms with Crippen molar-refractivity contribution in [1.29, 1.82) is 0 Å². The maximum atomic E-state index is 6.07. The van der Waals surface area contributed by atoms with Crippen molar-refractivity contribution in [3.63, 3.8) is 0 Å². The topological polar surface area (TPSA) is 128 Å². The lowest BCUT2D eigenvalue weighted by atomic mass is 9.85. The van der Waals surface area contributed by atoms with Crippen molar-refractivity contribution in [2.75, 3.05) is 14.1 Å². The summed E-state index contributed by atoms with van der Waals surface area (Å²) in [7, 11) is 6.37. The molecule has 2 saturated heterocycles. The number of hydrogen-bond acceptors (Lipinski definition) is 11. The molecule has 2 fully saturated rings. The van der Waals surface area contributed by atoms with Crippen molar-refractivity contribution in [2.24, 2.45) is 7.05 Å². The zero-order valence-corrected chi connectivity index (χ0v) is 38.3. The highest BCUT2D eigenvalue weighted by Gasteiger charge is 2.32. The Morgan fingerprint density at radius 1 is 0.540 bits per heavy atom. The molecule has 0 spiro atoms. The quantitative estimate of drug-likeness (QED) is 0.168. The number of oxazole rings is 1. The molecule has 12 nitrogen and oxygen atoms in total. The number of hydrogen-bond donors (Lipinski definition) is 0. The summed E-state index contributed by atoms with van der Waals surface area (Å²) in [6.45, 7) is 19.5. The summed E-state index contributed by atoms with van der Waals surface area (Å²) in [5, 5.41) is 25.4. The van der Waals surface area contributed by atoms with Gasteiger partial charge in [-0.15, -0.1) is 0 Å². The average molecular weight is 846 g/mol. The van der Waals surface area contributed by atoms with Gasteiger partial charge >= 0.3 is 0 Å². The van der Waals surface area contributed by atoms with Crippen molar-refractivity contribution in [1.82, 2.24) is 54.9 Å². The molecule has 63 heavy (non-hydrogen) atoms. The highest BCUT2D eigenvalue weighted by molar-refractivity contribution is 5.89. The Bertz CT molecular complexity index is 2960. The summed E-state index contributed by atoms with van der Waals surface area (Å²) in [6, 6.07) is 19.3. The maximum Gasteiger partial charge on any atom is 0.227 e. The molecule has 0 aliphatic carbocycles. The molecule has 2 aliphatic heterocycles. The number of pyridine rings is 2. The molecule has 6 aromatic heterocycles. The molecule has 0 bridgehead atoms. The standard InChI is InChI=1S/C25H30N6.C25H29N5O.CH4/c1-14-7-18(21-8-15(2)25-24(26-21)13-30(5)29-25)11-23-20(14)12-22(27-28-23)19-9-16(3)31(6)17(4)10-19;1-13-7-19(25-27-24-17(5)26-14(2)8-23(24)31-25)11-22-20(13)12-21(28-29-22)18-9-15(3)30(6)16(4)10-18;/h7-8,11-13,16-17,19H,9-10H2,1-6H3;7-8,11-12,15-16,18H,9-10H2,1-6H3;1H4/t16-,17+,19?;15-,16+,18?;. The molecule has 0 saturated carbocycles. The Labute approximate surface area is 371 Å². The number of rotatable bonds is 4. The fraction of sp³-hybridized carbons (Fsp3) is 0.451. The third-order valence-electron chi connectivity index (χ3n) is 14.0. The molecule has 328 valence electrons. The van der Waals surface area contributed by atoms with E-state index in [1.807, 2.05) is 43.9 Å². The predicted octanol–water partition coefficient (Wildman–Crippen LogP) is 10.8. The van der Waals surface area contributed by atoms with E-state index in [1.54, 1.807) is 0 Å². The Morgan fingerprint density at radius 3 is 1.62 bits per heavy atom. The Hall–Kier alpha value is -5.72. The summed E-state index contributed by atoms with van der Waals surface area (Å²) in [5.41, 5.74) is 15.7. The van der Waals surface area contributed by atoms with Gasteiger partial charge in [-0.25, -0.2) is 9.97 Å². The van der Waals surface area contributed by atoms with Gasteiger partial charge in [0.2, 0.25) is 5.89 Å². The second kappa shape index (κ2) is 17.1. The third kappa shape index (κ3) is 8.43. The molecule has 12 heteroatoms. The minimum Gasteiger partial charge on any atom is -0.436 e. The van der Waals surface area contributed by atoms with Crippen LogP contribution in [0, 0.1) is 34.6 Å². The van der Waals surface area contributed by atoms with Gasteiger partial charge in [-0.05, 0) is 161 Å². The third-order valence-corrected chi connectivity index (χ3v) is 14.0. The summed E-state index contributed by atoms with van der Waals surface area (Å²) in [6.07, 6.45) is 6.47. The highest BCUT2D eigenvalue weighted by atomic mass is 16.3. The first-order valence-electron chi connectivity index (χ1n) is 22.2. The van der Waals surface area contributed by atoms with E-state index in [0.717, 1.165) is 115 Å². The van der Waals surface area contributed by atoms with Crippen LogP contribution < -0.4 is 0 Å². The van der Waals surface area contributed by atoms with E-state index in [-0.39, 0.29) is 7.43 Å². The van der Waals surface area contributed by atoms with Crippen LogP contribution in [-0.2, 0) is 7.05 Å². The van der Waals surface area contributed by atoms with Crippen LogP contribution in [0.2, 0.25) is 0 Å². The lowest BCUT2D eigenvalue weighted by Crippen LogP contribution is -2.43. The number of piperidine rings is 2. The van der Waals surface area contributed by atoms with Crippen LogP contribution in [0.3, 0.4) is 0 Å². The molecule has 0 amide bonds. The van der Waals surface area contributed by atoms with Crippen molar-refractivity contribution in [2.45, 2.75) is 131 Å². The van der Waals surface area contributed by atoms with Crippen LogP contribution in [-0.4, -0.2) is 93.2 Å². The Kier molecular flexibility index (Phi) is 11.9. The van der Waals surface area contributed by atoms with Gasteiger partial charge in [0, 0.05) is 76.7 Å². The van der Waals surface area contributed by atoms with Gasteiger partial charge in [-0.2, -0.15) is 25.5 Å². The molecule has 8 aromatic rings. The summed E-state index contributed by atoms with van der Waals surface area (Å²) < 4.78 is 7.89. The SMILES string of the molecule is C.Cc1cc(-c2cc(C)c3nn(C)cc3n2)cc2nnc(C3C[C@@H](C)N(C)[C@@H](C)C3)cc12.Cc1cc2oc(-c3cc(C)c4cc(C5C[C@@H](C)N(C)[C@@H](C)C5)nnc4c3)nc2c(C)n1. The van der Waals surface area contributed by atoms with Crippen molar-refractivity contribution >= 4 is 43.9 Å². The fourth-order valence-electron chi connectivity index (χ4n) is 9.98. The second-order valence-electron chi connectivity index (χ2n) is 18.6. The van der Waals surface area contributed by atoms with Crippen LogP contribution in [0.4, 0.5) is 0 Å². The van der Waals surface area contributed by atoms with E-state index < -0.39 is 0 Å². The lowest BCUT2D eigenvalue weighted by Gasteiger charge is -2.40. The first-order chi connectivity index (χ1) is 29.6. The maximum absolute atomic E-state index is 6.07.